The Morgan fingerprint density at radius 2 is 1.88 bits per heavy atom. The number of methoxy groups -OCH3 is 1. The standard InChI is InChI=1S/C22H20Cl2N4O4/c1-13-10-18(29)21(26-28(13)17-7-5-4-6-15(17)24)22(31)27(2)12-20(30)25-16-11-14(23)8-9-19(16)32-3/h4-11H,12H2,1-3H3,(H,25,30). The van der Waals surface area contributed by atoms with Crippen LogP contribution in [-0.4, -0.2) is 47.2 Å². The molecule has 1 aromatic heterocycles. The Balaban J connectivity index is 1.82. The van der Waals surface area contributed by atoms with Crippen LogP contribution in [0.15, 0.2) is 53.3 Å². The number of hydrogen-bond acceptors (Lipinski definition) is 5. The van der Waals surface area contributed by atoms with E-state index >= 15 is 0 Å². The SMILES string of the molecule is COc1ccc(Cl)cc1NC(=O)CN(C)C(=O)c1nn(-c2ccccc2Cl)c(C)cc1=O. The lowest BCUT2D eigenvalue weighted by atomic mass is 10.2. The molecule has 1 heterocycles. The molecule has 2 aromatic carbocycles. The van der Waals surface area contributed by atoms with Crippen molar-refractivity contribution >= 4 is 40.7 Å². The van der Waals surface area contributed by atoms with Crippen LogP contribution in [0.4, 0.5) is 5.69 Å². The van der Waals surface area contributed by atoms with E-state index in [0.717, 1.165) is 4.90 Å². The van der Waals surface area contributed by atoms with Crippen LogP contribution >= 0.6 is 23.2 Å². The van der Waals surface area contributed by atoms with Crippen LogP contribution in [0.5, 0.6) is 5.75 Å². The number of amides is 2. The van der Waals surface area contributed by atoms with Crippen LogP contribution in [-0.2, 0) is 4.79 Å². The summed E-state index contributed by atoms with van der Waals surface area (Å²) in [7, 11) is 2.86. The van der Waals surface area contributed by atoms with Crippen molar-refractivity contribution in [1.29, 1.82) is 0 Å². The van der Waals surface area contributed by atoms with Gasteiger partial charge >= 0.3 is 0 Å². The van der Waals surface area contributed by atoms with Gasteiger partial charge in [0.25, 0.3) is 5.91 Å². The smallest absolute Gasteiger partial charge is 0.278 e. The average molecular weight is 475 g/mol. The molecule has 166 valence electrons. The van der Waals surface area contributed by atoms with E-state index in [-0.39, 0.29) is 12.2 Å². The van der Waals surface area contributed by atoms with Crippen LogP contribution in [0.1, 0.15) is 16.2 Å². The lowest BCUT2D eigenvalue weighted by Crippen LogP contribution is -2.38. The average Bonchev–Trinajstić information content (AvgIpc) is 2.74. The number of aryl methyl sites for hydroxylation is 1. The molecule has 3 aromatic rings. The predicted octanol–water partition coefficient (Wildman–Crippen LogP) is 3.57. The fourth-order valence-electron chi connectivity index (χ4n) is 3.00. The van der Waals surface area contributed by atoms with Gasteiger partial charge in [-0.1, -0.05) is 35.3 Å². The van der Waals surface area contributed by atoms with E-state index in [1.807, 2.05) is 0 Å². The molecule has 0 bridgehead atoms. The largest absolute Gasteiger partial charge is 0.495 e. The fraction of sp³-hybridized carbons (Fsp3) is 0.182. The first-order valence-corrected chi connectivity index (χ1v) is 10.2. The normalized spacial score (nSPS) is 10.5. The summed E-state index contributed by atoms with van der Waals surface area (Å²) in [5.74, 6) is -0.788. The molecular weight excluding hydrogens is 455 g/mol. The van der Waals surface area contributed by atoms with Gasteiger partial charge in [-0.05, 0) is 37.3 Å². The zero-order chi connectivity index (χ0) is 23.4. The fourth-order valence-corrected chi connectivity index (χ4v) is 3.39. The Kier molecular flexibility index (Phi) is 7.17. The Morgan fingerprint density at radius 3 is 2.56 bits per heavy atom. The van der Waals surface area contributed by atoms with Gasteiger partial charge < -0.3 is 15.0 Å². The highest BCUT2D eigenvalue weighted by atomic mass is 35.5. The van der Waals surface area contributed by atoms with Crippen molar-refractivity contribution in [2.75, 3.05) is 26.0 Å². The summed E-state index contributed by atoms with van der Waals surface area (Å²) in [5, 5.41) is 7.68. The second-order valence-electron chi connectivity index (χ2n) is 6.92. The van der Waals surface area contributed by atoms with Crippen molar-refractivity contribution in [1.82, 2.24) is 14.7 Å². The lowest BCUT2D eigenvalue weighted by Gasteiger charge is -2.18. The maximum Gasteiger partial charge on any atom is 0.278 e. The number of para-hydroxylation sites is 1. The Morgan fingerprint density at radius 1 is 1.16 bits per heavy atom. The first-order valence-electron chi connectivity index (χ1n) is 9.46. The molecular formula is C22H20Cl2N4O4. The summed E-state index contributed by atoms with van der Waals surface area (Å²) < 4.78 is 6.61. The van der Waals surface area contributed by atoms with Crippen molar-refractivity contribution in [3.05, 3.63) is 80.2 Å². The molecule has 0 saturated heterocycles. The van der Waals surface area contributed by atoms with E-state index in [2.05, 4.69) is 10.4 Å². The van der Waals surface area contributed by atoms with Crippen molar-refractivity contribution in [3.63, 3.8) is 0 Å². The van der Waals surface area contributed by atoms with E-state index in [4.69, 9.17) is 27.9 Å². The molecule has 32 heavy (non-hydrogen) atoms. The van der Waals surface area contributed by atoms with Gasteiger partial charge in [-0.25, -0.2) is 4.68 Å². The second kappa shape index (κ2) is 9.84. The Labute approximate surface area is 194 Å². The van der Waals surface area contributed by atoms with E-state index in [0.29, 0.717) is 32.9 Å². The van der Waals surface area contributed by atoms with E-state index in [1.165, 1.54) is 31.0 Å². The Hall–Kier alpha value is -3.36. The molecule has 10 heteroatoms. The van der Waals surface area contributed by atoms with E-state index in [1.54, 1.807) is 43.3 Å². The summed E-state index contributed by atoms with van der Waals surface area (Å²) in [6, 6.07) is 13.0. The number of likely N-dealkylation sites (N-methyl/N-ethyl adjacent to an activating group) is 1. The number of ether oxygens (including phenoxy) is 1. The molecule has 0 radical (unpaired) electrons. The summed E-state index contributed by atoms with van der Waals surface area (Å²) in [5.41, 5.74) is 0.508. The number of nitrogens with zero attached hydrogens (tertiary/aromatic N) is 3. The van der Waals surface area contributed by atoms with Gasteiger partial charge in [0.15, 0.2) is 5.69 Å². The van der Waals surface area contributed by atoms with Crippen molar-refractivity contribution < 1.29 is 14.3 Å². The molecule has 1 N–H and O–H groups in total. The number of hydrogen-bond donors (Lipinski definition) is 1. The van der Waals surface area contributed by atoms with Gasteiger partial charge in [0.05, 0.1) is 30.1 Å². The van der Waals surface area contributed by atoms with Gasteiger partial charge in [0, 0.05) is 23.8 Å². The third-order valence-corrected chi connectivity index (χ3v) is 5.11. The molecule has 0 spiro atoms. The first-order chi connectivity index (χ1) is 15.2. The number of aromatic nitrogens is 2. The molecule has 0 saturated carbocycles. The molecule has 3 rings (SSSR count). The summed E-state index contributed by atoms with van der Waals surface area (Å²) in [6.45, 7) is 1.36. The van der Waals surface area contributed by atoms with Gasteiger partial charge in [-0.3, -0.25) is 14.4 Å². The number of benzene rings is 2. The summed E-state index contributed by atoms with van der Waals surface area (Å²) >= 11 is 12.2. The van der Waals surface area contributed by atoms with Gasteiger partial charge in [-0.15, -0.1) is 0 Å². The highest BCUT2D eigenvalue weighted by molar-refractivity contribution is 6.32. The molecule has 0 aliphatic carbocycles. The van der Waals surface area contributed by atoms with Gasteiger partial charge in [0.2, 0.25) is 11.3 Å². The van der Waals surface area contributed by atoms with Crippen molar-refractivity contribution in [2.24, 2.45) is 0 Å². The third kappa shape index (κ3) is 5.09. The predicted molar refractivity (Wildman–Crippen MR) is 123 cm³/mol. The summed E-state index contributed by atoms with van der Waals surface area (Å²) in [4.78, 5) is 39.0. The quantitative estimate of drug-likeness (QED) is 0.589. The van der Waals surface area contributed by atoms with Crippen molar-refractivity contribution in [3.8, 4) is 11.4 Å². The number of anilines is 1. The maximum atomic E-state index is 12.9. The molecule has 0 aliphatic heterocycles. The van der Waals surface area contributed by atoms with Crippen LogP contribution in [0, 0.1) is 6.92 Å². The molecule has 0 unspecified atom stereocenters. The Bertz CT molecular complexity index is 1240. The number of nitrogens with one attached hydrogen (secondary N) is 1. The topological polar surface area (TPSA) is 93.5 Å². The van der Waals surface area contributed by atoms with E-state index in [9.17, 15) is 14.4 Å². The first kappa shape index (κ1) is 23.3. The van der Waals surface area contributed by atoms with Crippen LogP contribution < -0.4 is 15.5 Å². The second-order valence-corrected chi connectivity index (χ2v) is 7.76. The molecule has 0 fully saturated rings. The van der Waals surface area contributed by atoms with Gasteiger partial charge in [-0.2, -0.15) is 5.10 Å². The molecule has 2 amide bonds. The van der Waals surface area contributed by atoms with Crippen LogP contribution in [0.3, 0.4) is 0 Å². The lowest BCUT2D eigenvalue weighted by molar-refractivity contribution is -0.116. The number of halogens is 2. The zero-order valence-electron chi connectivity index (χ0n) is 17.6. The number of carbonyl (C=O) groups excluding carboxylic acids is 2. The highest BCUT2D eigenvalue weighted by Crippen LogP contribution is 2.27. The summed E-state index contributed by atoms with van der Waals surface area (Å²) in [6.07, 6.45) is 0. The minimum absolute atomic E-state index is 0.324. The van der Waals surface area contributed by atoms with Crippen LogP contribution in [0.2, 0.25) is 10.0 Å². The number of rotatable bonds is 6. The van der Waals surface area contributed by atoms with Crippen LogP contribution in [0.25, 0.3) is 5.69 Å². The maximum absolute atomic E-state index is 12.9. The zero-order valence-corrected chi connectivity index (χ0v) is 19.1. The third-order valence-electron chi connectivity index (χ3n) is 4.55. The number of carbonyl (C=O) groups is 2. The molecule has 0 aliphatic rings. The monoisotopic (exact) mass is 474 g/mol. The highest BCUT2D eigenvalue weighted by Gasteiger charge is 2.22. The minimum atomic E-state index is -0.705. The molecule has 8 nitrogen and oxygen atoms in total. The van der Waals surface area contributed by atoms with Crippen molar-refractivity contribution in [2.45, 2.75) is 6.92 Å². The minimum Gasteiger partial charge on any atom is -0.495 e. The van der Waals surface area contributed by atoms with Gasteiger partial charge in [0.1, 0.15) is 5.75 Å². The van der Waals surface area contributed by atoms with E-state index < -0.39 is 17.2 Å². The molecule has 0 atom stereocenters.